The second kappa shape index (κ2) is 5.23. The summed E-state index contributed by atoms with van der Waals surface area (Å²) in [5.41, 5.74) is 0.733. The summed E-state index contributed by atoms with van der Waals surface area (Å²) < 4.78 is 26.5. The average molecular weight is 279 g/mol. The number of nitrogens with zero attached hydrogens (tertiary/aromatic N) is 1. The number of aromatic nitrogens is 2. The molecular formula is C12H13N3O3S. The molecule has 0 unspecified atom stereocenters. The van der Waals surface area contributed by atoms with E-state index in [1.165, 1.54) is 12.3 Å². The van der Waals surface area contributed by atoms with Gasteiger partial charge in [-0.2, -0.15) is 8.42 Å². The molecule has 2 aromatic rings. The number of rotatable bonds is 5. The number of H-pyrrole nitrogens is 1. The maximum atomic E-state index is 12.1. The fourth-order valence-electron chi connectivity index (χ4n) is 1.55. The maximum absolute atomic E-state index is 12.1. The van der Waals surface area contributed by atoms with Crippen LogP contribution in [0, 0.1) is 0 Å². The van der Waals surface area contributed by atoms with Gasteiger partial charge in [-0.1, -0.05) is 19.1 Å². The van der Waals surface area contributed by atoms with Crippen molar-refractivity contribution in [2.75, 3.05) is 4.72 Å². The van der Waals surface area contributed by atoms with Crippen LogP contribution in [-0.2, 0) is 16.4 Å². The number of aromatic amines is 1. The van der Waals surface area contributed by atoms with Gasteiger partial charge in [0.1, 0.15) is 12.1 Å². The van der Waals surface area contributed by atoms with E-state index in [4.69, 9.17) is 0 Å². The van der Waals surface area contributed by atoms with Crippen LogP contribution in [0.5, 0.6) is 0 Å². The minimum atomic E-state index is -3.71. The number of aldehydes is 1. The van der Waals surface area contributed by atoms with Crippen LogP contribution in [0.2, 0.25) is 0 Å². The Labute approximate surface area is 110 Å². The molecule has 19 heavy (non-hydrogen) atoms. The van der Waals surface area contributed by atoms with E-state index >= 15 is 0 Å². The van der Waals surface area contributed by atoms with Crippen molar-refractivity contribution >= 4 is 22.0 Å². The summed E-state index contributed by atoms with van der Waals surface area (Å²) in [5.74, 6) is 0.599. The van der Waals surface area contributed by atoms with Crippen molar-refractivity contribution in [3.8, 4) is 0 Å². The molecule has 0 fully saturated rings. The summed E-state index contributed by atoms with van der Waals surface area (Å²) in [7, 11) is -3.71. The molecule has 1 heterocycles. The highest BCUT2D eigenvalue weighted by Gasteiger charge is 2.17. The van der Waals surface area contributed by atoms with Gasteiger partial charge in [-0.15, -0.1) is 0 Å². The minimum Gasteiger partial charge on any atom is -0.332 e. The number of hydrogen-bond acceptors (Lipinski definition) is 4. The van der Waals surface area contributed by atoms with E-state index in [0.717, 1.165) is 0 Å². The molecule has 0 spiro atoms. The lowest BCUT2D eigenvalue weighted by molar-refractivity contribution is 0.112. The van der Waals surface area contributed by atoms with Crippen LogP contribution < -0.4 is 4.72 Å². The van der Waals surface area contributed by atoms with Crippen molar-refractivity contribution in [2.24, 2.45) is 0 Å². The highest BCUT2D eigenvalue weighted by molar-refractivity contribution is 7.92. The summed E-state index contributed by atoms with van der Waals surface area (Å²) in [6.45, 7) is 1.87. The molecule has 0 aliphatic carbocycles. The SMILES string of the molecule is CCc1ncc(S(=O)(=O)Nc2cccc(C=O)c2)[nH]1. The Bertz CT molecular complexity index is 692. The third kappa shape index (κ3) is 3.00. The van der Waals surface area contributed by atoms with Gasteiger partial charge in [0.15, 0.2) is 5.03 Å². The van der Waals surface area contributed by atoms with E-state index in [2.05, 4.69) is 14.7 Å². The van der Waals surface area contributed by atoms with E-state index in [0.29, 0.717) is 29.8 Å². The number of benzene rings is 1. The highest BCUT2D eigenvalue weighted by Crippen LogP contribution is 2.15. The summed E-state index contributed by atoms with van der Waals surface area (Å²) >= 11 is 0. The predicted molar refractivity (Wildman–Crippen MR) is 70.6 cm³/mol. The molecule has 0 saturated heterocycles. The number of imidazole rings is 1. The number of anilines is 1. The average Bonchev–Trinajstić information content (AvgIpc) is 2.88. The Balaban J connectivity index is 2.27. The molecule has 1 aromatic heterocycles. The molecule has 1 aromatic carbocycles. The molecule has 0 radical (unpaired) electrons. The number of hydrogen-bond donors (Lipinski definition) is 2. The summed E-state index contributed by atoms with van der Waals surface area (Å²) in [4.78, 5) is 17.3. The first-order chi connectivity index (χ1) is 9.05. The summed E-state index contributed by atoms with van der Waals surface area (Å²) in [6.07, 6.45) is 2.55. The van der Waals surface area contributed by atoms with E-state index in [9.17, 15) is 13.2 Å². The van der Waals surface area contributed by atoms with Crippen LogP contribution in [0.15, 0.2) is 35.5 Å². The smallest absolute Gasteiger partial charge is 0.278 e. The van der Waals surface area contributed by atoms with Gasteiger partial charge in [-0.3, -0.25) is 9.52 Å². The van der Waals surface area contributed by atoms with Crippen LogP contribution in [0.25, 0.3) is 0 Å². The largest absolute Gasteiger partial charge is 0.332 e. The summed E-state index contributed by atoms with van der Waals surface area (Å²) in [6, 6.07) is 6.23. The zero-order valence-corrected chi connectivity index (χ0v) is 11.1. The van der Waals surface area contributed by atoms with Crippen molar-refractivity contribution < 1.29 is 13.2 Å². The van der Waals surface area contributed by atoms with Crippen LogP contribution in [0.3, 0.4) is 0 Å². The van der Waals surface area contributed by atoms with Crippen molar-refractivity contribution in [1.82, 2.24) is 9.97 Å². The molecule has 0 bridgehead atoms. The summed E-state index contributed by atoms with van der Waals surface area (Å²) in [5, 5.41) is 0.000793. The van der Waals surface area contributed by atoms with Gasteiger partial charge >= 0.3 is 0 Å². The first-order valence-corrected chi connectivity index (χ1v) is 7.15. The Morgan fingerprint density at radius 3 is 2.84 bits per heavy atom. The number of aryl methyl sites for hydroxylation is 1. The Morgan fingerprint density at radius 1 is 1.42 bits per heavy atom. The fraction of sp³-hybridized carbons (Fsp3) is 0.167. The van der Waals surface area contributed by atoms with Crippen molar-refractivity contribution in [2.45, 2.75) is 18.4 Å². The van der Waals surface area contributed by atoms with Crippen molar-refractivity contribution in [1.29, 1.82) is 0 Å². The zero-order chi connectivity index (χ0) is 13.9. The van der Waals surface area contributed by atoms with E-state index in [-0.39, 0.29) is 5.03 Å². The van der Waals surface area contributed by atoms with E-state index in [1.54, 1.807) is 18.2 Å². The quantitative estimate of drug-likeness (QED) is 0.813. The lowest BCUT2D eigenvalue weighted by atomic mass is 10.2. The number of nitrogens with one attached hydrogen (secondary N) is 2. The van der Waals surface area contributed by atoms with Crippen molar-refractivity contribution in [3.05, 3.63) is 41.9 Å². The molecule has 0 aliphatic rings. The molecule has 6 nitrogen and oxygen atoms in total. The van der Waals surface area contributed by atoms with Gasteiger partial charge in [0.05, 0.1) is 6.20 Å². The first-order valence-electron chi connectivity index (χ1n) is 5.67. The molecule has 2 rings (SSSR count). The predicted octanol–water partition coefficient (Wildman–Crippen LogP) is 1.59. The Hall–Kier alpha value is -2.15. The molecule has 0 amide bonds. The van der Waals surface area contributed by atoms with Gasteiger partial charge in [-0.05, 0) is 12.1 Å². The second-order valence-corrected chi connectivity index (χ2v) is 5.55. The number of carbonyl (C=O) groups excluding carboxylic acids is 1. The molecule has 0 saturated carbocycles. The van der Waals surface area contributed by atoms with Gasteiger partial charge in [-0.25, -0.2) is 4.98 Å². The molecule has 0 aliphatic heterocycles. The second-order valence-electron chi connectivity index (χ2n) is 3.90. The maximum Gasteiger partial charge on any atom is 0.278 e. The van der Waals surface area contributed by atoms with Crippen LogP contribution in [0.4, 0.5) is 5.69 Å². The number of sulfonamides is 1. The first kappa shape index (κ1) is 13.3. The lowest BCUT2D eigenvalue weighted by Crippen LogP contribution is -2.13. The van der Waals surface area contributed by atoms with Gasteiger partial charge in [0.2, 0.25) is 0 Å². The minimum absolute atomic E-state index is 0.000793. The van der Waals surface area contributed by atoms with Crippen LogP contribution in [0.1, 0.15) is 23.1 Å². The molecule has 0 atom stereocenters. The molecule has 2 N–H and O–H groups in total. The van der Waals surface area contributed by atoms with Gasteiger partial charge in [0, 0.05) is 17.7 Å². The highest BCUT2D eigenvalue weighted by atomic mass is 32.2. The molecule has 7 heteroatoms. The molecule has 100 valence electrons. The van der Waals surface area contributed by atoms with Crippen LogP contribution >= 0.6 is 0 Å². The fourth-order valence-corrected chi connectivity index (χ4v) is 2.54. The van der Waals surface area contributed by atoms with Gasteiger partial charge < -0.3 is 4.98 Å². The monoisotopic (exact) mass is 279 g/mol. The standard InChI is InChI=1S/C12H13N3O3S/c1-2-11-13-7-12(14-11)19(17,18)15-10-5-3-4-9(6-10)8-16/h3-8,15H,2H2,1H3,(H,13,14). The number of carbonyl (C=O) groups is 1. The van der Waals surface area contributed by atoms with Crippen molar-refractivity contribution in [3.63, 3.8) is 0 Å². The molecular weight excluding hydrogens is 266 g/mol. The van der Waals surface area contributed by atoms with Crippen LogP contribution in [-0.4, -0.2) is 24.7 Å². The Kier molecular flexibility index (Phi) is 3.66. The zero-order valence-electron chi connectivity index (χ0n) is 10.3. The third-order valence-electron chi connectivity index (χ3n) is 2.50. The van der Waals surface area contributed by atoms with E-state index < -0.39 is 10.0 Å². The third-order valence-corrected chi connectivity index (χ3v) is 3.80. The Morgan fingerprint density at radius 2 is 2.21 bits per heavy atom. The topological polar surface area (TPSA) is 91.9 Å². The van der Waals surface area contributed by atoms with E-state index in [1.807, 2.05) is 6.92 Å². The lowest BCUT2D eigenvalue weighted by Gasteiger charge is -2.06. The van der Waals surface area contributed by atoms with Gasteiger partial charge in [0.25, 0.3) is 10.0 Å². The normalized spacial score (nSPS) is 11.2.